The SMILES string of the molecule is COCCNC(=O)[C@H](C)OC(=O)c1ccc(Cl)c(Cl)c1. The van der Waals surface area contributed by atoms with E-state index in [0.29, 0.717) is 18.2 Å². The van der Waals surface area contributed by atoms with Gasteiger partial charge in [-0.05, 0) is 25.1 Å². The van der Waals surface area contributed by atoms with Gasteiger partial charge in [-0.1, -0.05) is 23.2 Å². The van der Waals surface area contributed by atoms with Crippen LogP contribution in [-0.2, 0) is 14.3 Å². The van der Waals surface area contributed by atoms with Crippen molar-refractivity contribution in [1.82, 2.24) is 5.32 Å². The van der Waals surface area contributed by atoms with Crippen LogP contribution in [0.1, 0.15) is 17.3 Å². The van der Waals surface area contributed by atoms with E-state index in [1.165, 1.54) is 32.2 Å². The second-order valence-corrected chi connectivity index (χ2v) is 4.77. The lowest BCUT2D eigenvalue weighted by atomic mass is 10.2. The highest BCUT2D eigenvalue weighted by Crippen LogP contribution is 2.23. The Labute approximate surface area is 127 Å². The second-order valence-electron chi connectivity index (χ2n) is 3.96. The number of rotatable bonds is 6. The molecular formula is C13H15Cl2NO4. The van der Waals surface area contributed by atoms with Crippen molar-refractivity contribution in [3.05, 3.63) is 33.8 Å². The Hall–Kier alpha value is -1.30. The number of esters is 1. The third-order valence-corrected chi connectivity index (χ3v) is 3.15. The smallest absolute Gasteiger partial charge is 0.338 e. The van der Waals surface area contributed by atoms with Crippen molar-refractivity contribution < 1.29 is 19.1 Å². The van der Waals surface area contributed by atoms with Crippen LogP contribution >= 0.6 is 23.2 Å². The zero-order valence-electron chi connectivity index (χ0n) is 11.1. The molecule has 1 rings (SSSR count). The number of carbonyl (C=O) groups excluding carboxylic acids is 2. The summed E-state index contributed by atoms with van der Waals surface area (Å²) < 4.78 is 9.83. The van der Waals surface area contributed by atoms with Crippen LogP contribution in [0.5, 0.6) is 0 Å². The molecule has 110 valence electrons. The first-order valence-corrected chi connectivity index (χ1v) is 6.64. The standard InChI is InChI=1S/C13H15Cl2NO4/c1-8(12(17)16-5-6-19-2)20-13(18)9-3-4-10(14)11(15)7-9/h3-4,7-8H,5-6H2,1-2H3,(H,16,17)/t8-/m0/s1. The average Bonchev–Trinajstić information content (AvgIpc) is 2.41. The Bertz CT molecular complexity index is 493. The third kappa shape index (κ3) is 5.00. The molecule has 20 heavy (non-hydrogen) atoms. The van der Waals surface area contributed by atoms with Crippen molar-refractivity contribution in [2.75, 3.05) is 20.3 Å². The summed E-state index contributed by atoms with van der Waals surface area (Å²) in [6.45, 7) is 2.22. The van der Waals surface area contributed by atoms with E-state index >= 15 is 0 Å². The number of halogens is 2. The molecule has 0 aliphatic rings. The van der Waals surface area contributed by atoms with Gasteiger partial charge in [-0.3, -0.25) is 4.79 Å². The van der Waals surface area contributed by atoms with Crippen LogP contribution in [-0.4, -0.2) is 38.2 Å². The molecule has 0 bridgehead atoms. The molecule has 1 N–H and O–H groups in total. The van der Waals surface area contributed by atoms with Gasteiger partial charge in [-0.25, -0.2) is 4.79 Å². The highest BCUT2D eigenvalue weighted by Gasteiger charge is 2.19. The average molecular weight is 320 g/mol. The Balaban J connectivity index is 2.56. The summed E-state index contributed by atoms with van der Waals surface area (Å²) in [5, 5.41) is 3.16. The molecule has 1 amide bonds. The van der Waals surface area contributed by atoms with Crippen molar-refractivity contribution >= 4 is 35.1 Å². The Morgan fingerprint density at radius 3 is 2.60 bits per heavy atom. The molecule has 1 atom stereocenters. The van der Waals surface area contributed by atoms with Gasteiger partial charge in [0.25, 0.3) is 5.91 Å². The van der Waals surface area contributed by atoms with Crippen molar-refractivity contribution in [3.8, 4) is 0 Å². The van der Waals surface area contributed by atoms with Crippen LogP contribution < -0.4 is 5.32 Å². The molecule has 0 aliphatic carbocycles. The first-order chi connectivity index (χ1) is 9.45. The fourth-order valence-corrected chi connectivity index (χ4v) is 1.62. The highest BCUT2D eigenvalue weighted by molar-refractivity contribution is 6.42. The molecule has 0 unspecified atom stereocenters. The Kier molecular flexibility index (Phi) is 6.78. The maximum atomic E-state index is 11.8. The fraction of sp³-hybridized carbons (Fsp3) is 0.385. The summed E-state index contributed by atoms with van der Waals surface area (Å²) in [4.78, 5) is 23.4. The summed E-state index contributed by atoms with van der Waals surface area (Å²) in [7, 11) is 1.53. The maximum Gasteiger partial charge on any atom is 0.338 e. The van der Waals surface area contributed by atoms with Gasteiger partial charge in [0.2, 0.25) is 0 Å². The van der Waals surface area contributed by atoms with E-state index in [9.17, 15) is 9.59 Å². The number of ether oxygens (including phenoxy) is 2. The van der Waals surface area contributed by atoms with Gasteiger partial charge in [-0.2, -0.15) is 0 Å². The Morgan fingerprint density at radius 1 is 1.30 bits per heavy atom. The molecule has 0 heterocycles. The quantitative estimate of drug-likeness (QED) is 0.645. The number of amides is 1. The molecule has 1 aromatic carbocycles. The number of methoxy groups -OCH3 is 1. The number of hydrogen-bond acceptors (Lipinski definition) is 4. The first kappa shape index (κ1) is 16.8. The van der Waals surface area contributed by atoms with Gasteiger partial charge < -0.3 is 14.8 Å². The van der Waals surface area contributed by atoms with Crippen molar-refractivity contribution in [2.24, 2.45) is 0 Å². The number of benzene rings is 1. The van der Waals surface area contributed by atoms with Crippen molar-refractivity contribution in [3.63, 3.8) is 0 Å². The van der Waals surface area contributed by atoms with Crippen LogP contribution in [0, 0.1) is 0 Å². The predicted molar refractivity (Wildman–Crippen MR) is 76.2 cm³/mol. The normalized spacial score (nSPS) is 11.8. The predicted octanol–water partition coefficient (Wildman–Crippen LogP) is 2.30. The second kappa shape index (κ2) is 8.09. The summed E-state index contributed by atoms with van der Waals surface area (Å²) in [5.74, 6) is -1.03. The minimum absolute atomic E-state index is 0.232. The Morgan fingerprint density at radius 2 is 2.00 bits per heavy atom. The van der Waals surface area contributed by atoms with Crippen molar-refractivity contribution in [1.29, 1.82) is 0 Å². The molecule has 0 aliphatic heterocycles. The molecule has 0 aromatic heterocycles. The molecule has 7 heteroatoms. The first-order valence-electron chi connectivity index (χ1n) is 5.88. The van der Waals surface area contributed by atoms with E-state index in [2.05, 4.69) is 5.32 Å². The van der Waals surface area contributed by atoms with Crippen LogP contribution in [0.2, 0.25) is 10.0 Å². The summed E-state index contributed by atoms with van der Waals surface area (Å²) >= 11 is 11.6. The van der Waals surface area contributed by atoms with Crippen LogP contribution in [0.3, 0.4) is 0 Å². The van der Waals surface area contributed by atoms with Gasteiger partial charge in [0.05, 0.1) is 22.2 Å². The van der Waals surface area contributed by atoms with Crippen LogP contribution in [0.15, 0.2) is 18.2 Å². The summed E-state index contributed by atoms with van der Waals surface area (Å²) in [5.41, 5.74) is 0.232. The molecule has 0 saturated carbocycles. The van der Waals surface area contributed by atoms with E-state index in [-0.39, 0.29) is 10.6 Å². The van der Waals surface area contributed by atoms with Crippen LogP contribution in [0.4, 0.5) is 0 Å². The number of hydrogen-bond donors (Lipinski definition) is 1. The summed E-state index contributed by atoms with van der Waals surface area (Å²) in [6.07, 6.45) is -0.909. The lowest BCUT2D eigenvalue weighted by Crippen LogP contribution is -2.37. The minimum atomic E-state index is -0.909. The zero-order chi connectivity index (χ0) is 15.1. The largest absolute Gasteiger partial charge is 0.449 e. The third-order valence-electron chi connectivity index (χ3n) is 2.41. The van der Waals surface area contributed by atoms with Gasteiger partial charge in [0.1, 0.15) is 0 Å². The molecule has 0 spiro atoms. The lowest BCUT2D eigenvalue weighted by Gasteiger charge is -2.13. The van der Waals surface area contributed by atoms with Gasteiger partial charge in [-0.15, -0.1) is 0 Å². The highest BCUT2D eigenvalue weighted by atomic mass is 35.5. The molecular weight excluding hydrogens is 305 g/mol. The van der Waals surface area contributed by atoms with E-state index in [0.717, 1.165) is 0 Å². The molecule has 0 radical (unpaired) electrons. The van der Waals surface area contributed by atoms with Gasteiger partial charge in [0, 0.05) is 13.7 Å². The van der Waals surface area contributed by atoms with Gasteiger partial charge in [0.15, 0.2) is 6.10 Å². The number of carbonyl (C=O) groups is 2. The minimum Gasteiger partial charge on any atom is -0.449 e. The molecule has 0 fully saturated rings. The van der Waals surface area contributed by atoms with Crippen molar-refractivity contribution in [2.45, 2.75) is 13.0 Å². The molecule has 0 saturated heterocycles. The van der Waals surface area contributed by atoms with Crippen LogP contribution in [0.25, 0.3) is 0 Å². The topological polar surface area (TPSA) is 64.6 Å². The van der Waals surface area contributed by atoms with E-state index in [1.807, 2.05) is 0 Å². The lowest BCUT2D eigenvalue weighted by molar-refractivity contribution is -0.129. The zero-order valence-corrected chi connectivity index (χ0v) is 12.6. The van der Waals surface area contributed by atoms with Gasteiger partial charge >= 0.3 is 5.97 Å². The fourth-order valence-electron chi connectivity index (χ4n) is 1.33. The molecule has 5 nitrogen and oxygen atoms in total. The molecule has 1 aromatic rings. The van der Waals surface area contributed by atoms with E-state index < -0.39 is 18.0 Å². The number of nitrogens with one attached hydrogen (secondary N) is 1. The monoisotopic (exact) mass is 319 g/mol. The summed E-state index contributed by atoms with van der Waals surface area (Å²) in [6, 6.07) is 4.36. The van der Waals surface area contributed by atoms with E-state index in [4.69, 9.17) is 32.7 Å². The van der Waals surface area contributed by atoms with E-state index in [1.54, 1.807) is 0 Å². The maximum absolute atomic E-state index is 11.8.